The molecule has 0 saturated carbocycles. The number of likely N-dealkylation sites (N-methyl/N-ethyl adjacent to an activating group) is 1. The fourth-order valence-electron chi connectivity index (χ4n) is 1.00. The molecule has 1 aromatic heterocycles. The molecule has 4 heteroatoms. The lowest BCUT2D eigenvalue weighted by molar-refractivity contribution is 0.0804. The Morgan fingerprint density at radius 3 is 2.93 bits per heavy atom. The first-order valence-corrected chi connectivity index (χ1v) is 4.23. The number of amides is 1. The van der Waals surface area contributed by atoms with Gasteiger partial charge in [0.05, 0.1) is 11.9 Å². The topological polar surface area (TPSA) is 59.2 Å². The molecule has 0 bridgehead atoms. The highest BCUT2D eigenvalue weighted by molar-refractivity contribution is 5.92. The number of pyridine rings is 1. The quantitative estimate of drug-likeness (QED) is 0.723. The summed E-state index contributed by atoms with van der Waals surface area (Å²) in [6.07, 6.45) is 3.13. The Balaban J connectivity index is 2.78. The Kier molecular flexibility index (Phi) is 3.23. The van der Waals surface area contributed by atoms with Gasteiger partial charge in [0.2, 0.25) is 0 Å². The SMILES string of the molecule is C=CCN(C)C(=O)c1ccc(N)cn1. The molecule has 4 nitrogen and oxygen atoms in total. The summed E-state index contributed by atoms with van der Waals surface area (Å²) >= 11 is 0. The van der Waals surface area contributed by atoms with Crippen LogP contribution >= 0.6 is 0 Å². The van der Waals surface area contributed by atoms with Gasteiger partial charge in [-0.15, -0.1) is 6.58 Å². The number of anilines is 1. The molecule has 0 fully saturated rings. The average Bonchev–Trinajstić information content (AvgIpc) is 2.18. The summed E-state index contributed by atoms with van der Waals surface area (Å²) in [5, 5.41) is 0. The zero-order chi connectivity index (χ0) is 10.6. The molecule has 0 radical (unpaired) electrons. The van der Waals surface area contributed by atoms with Crippen molar-refractivity contribution in [1.29, 1.82) is 0 Å². The zero-order valence-corrected chi connectivity index (χ0v) is 8.10. The van der Waals surface area contributed by atoms with E-state index in [0.29, 0.717) is 17.9 Å². The van der Waals surface area contributed by atoms with Crippen LogP contribution in [0.2, 0.25) is 0 Å². The first-order chi connectivity index (χ1) is 6.65. The van der Waals surface area contributed by atoms with Crippen LogP contribution in [-0.2, 0) is 0 Å². The predicted octanol–water partition coefficient (Wildman–Crippen LogP) is 0.922. The molecule has 0 atom stereocenters. The molecular weight excluding hydrogens is 178 g/mol. The van der Waals surface area contributed by atoms with Gasteiger partial charge in [-0.2, -0.15) is 0 Å². The molecule has 1 rings (SSSR count). The van der Waals surface area contributed by atoms with Crippen LogP contribution in [-0.4, -0.2) is 29.4 Å². The number of hydrogen-bond donors (Lipinski definition) is 1. The second-order valence-electron chi connectivity index (χ2n) is 2.95. The number of nitrogens with zero attached hydrogens (tertiary/aromatic N) is 2. The number of aromatic nitrogens is 1. The number of nitrogen functional groups attached to an aromatic ring is 1. The van der Waals surface area contributed by atoms with Crippen molar-refractivity contribution in [3.63, 3.8) is 0 Å². The van der Waals surface area contributed by atoms with E-state index in [1.165, 1.54) is 11.1 Å². The van der Waals surface area contributed by atoms with Gasteiger partial charge in [0.15, 0.2) is 0 Å². The summed E-state index contributed by atoms with van der Waals surface area (Å²) < 4.78 is 0. The van der Waals surface area contributed by atoms with Crippen molar-refractivity contribution in [2.75, 3.05) is 19.3 Å². The van der Waals surface area contributed by atoms with Crippen LogP contribution in [0.5, 0.6) is 0 Å². The average molecular weight is 191 g/mol. The number of carbonyl (C=O) groups is 1. The Hall–Kier alpha value is -1.84. The fourth-order valence-corrected chi connectivity index (χ4v) is 1.00. The third kappa shape index (κ3) is 2.32. The highest BCUT2D eigenvalue weighted by Crippen LogP contribution is 2.03. The summed E-state index contributed by atoms with van der Waals surface area (Å²) in [4.78, 5) is 17.1. The number of hydrogen-bond acceptors (Lipinski definition) is 3. The first kappa shape index (κ1) is 10.2. The van der Waals surface area contributed by atoms with Crippen molar-refractivity contribution in [2.45, 2.75) is 0 Å². The molecule has 0 saturated heterocycles. The van der Waals surface area contributed by atoms with Crippen LogP contribution in [0, 0.1) is 0 Å². The third-order valence-corrected chi connectivity index (χ3v) is 1.76. The summed E-state index contributed by atoms with van der Waals surface area (Å²) in [7, 11) is 1.70. The monoisotopic (exact) mass is 191 g/mol. The number of carbonyl (C=O) groups excluding carboxylic acids is 1. The summed E-state index contributed by atoms with van der Waals surface area (Å²) in [5.41, 5.74) is 6.40. The van der Waals surface area contributed by atoms with Gasteiger partial charge < -0.3 is 10.6 Å². The van der Waals surface area contributed by atoms with Crippen LogP contribution < -0.4 is 5.73 Å². The first-order valence-electron chi connectivity index (χ1n) is 4.23. The van der Waals surface area contributed by atoms with E-state index in [9.17, 15) is 4.79 Å². The maximum atomic E-state index is 11.6. The Labute approximate surface area is 83.0 Å². The fraction of sp³-hybridized carbons (Fsp3) is 0.200. The molecule has 1 aromatic rings. The second kappa shape index (κ2) is 4.41. The van der Waals surface area contributed by atoms with E-state index in [1.54, 1.807) is 25.3 Å². The lowest BCUT2D eigenvalue weighted by atomic mass is 10.3. The summed E-state index contributed by atoms with van der Waals surface area (Å²) in [6.45, 7) is 4.06. The van der Waals surface area contributed by atoms with E-state index >= 15 is 0 Å². The smallest absolute Gasteiger partial charge is 0.272 e. The van der Waals surface area contributed by atoms with Crippen molar-refractivity contribution in [2.24, 2.45) is 0 Å². The molecule has 1 amide bonds. The van der Waals surface area contributed by atoms with Crippen LogP contribution in [0.1, 0.15) is 10.5 Å². The van der Waals surface area contributed by atoms with Crippen molar-refractivity contribution in [3.05, 3.63) is 36.7 Å². The van der Waals surface area contributed by atoms with E-state index in [-0.39, 0.29) is 5.91 Å². The Bertz CT molecular complexity index is 332. The van der Waals surface area contributed by atoms with Crippen LogP contribution in [0.3, 0.4) is 0 Å². The van der Waals surface area contributed by atoms with Gasteiger partial charge in [-0.3, -0.25) is 4.79 Å². The van der Waals surface area contributed by atoms with Crippen molar-refractivity contribution in [3.8, 4) is 0 Å². The summed E-state index contributed by atoms with van der Waals surface area (Å²) in [5.74, 6) is -0.134. The van der Waals surface area contributed by atoms with Crippen LogP contribution in [0.25, 0.3) is 0 Å². The molecule has 2 N–H and O–H groups in total. The van der Waals surface area contributed by atoms with Gasteiger partial charge in [-0.25, -0.2) is 4.98 Å². The van der Waals surface area contributed by atoms with Gasteiger partial charge in [0, 0.05) is 13.6 Å². The number of nitrogens with two attached hydrogens (primary N) is 1. The molecular formula is C10H13N3O. The molecule has 74 valence electrons. The molecule has 0 aromatic carbocycles. The van der Waals surface area contributed by atoms with E-state index in [0.717, 1.165) is 0 Å². The molecule has 0 aliphatic heterocycles. The van der Waals surface area contributed by atoms with Crippen LogP contribution in [0.4, 0.5) is 5.69 Å². The molecule has 0 spiro atoms. The van der Waals surface area contributed by atoms with Gasteiger partial charge in [0.25, 0.3) is 5.91 Å². The predicted molar refractivity (Wildman–Crippen MR) is 55.8 cm³/mol. The largest absolute Gasteiger partial charge is 0.397 e. The Morgan fingerprint density at radius 1 is 1.71 bits per heavy atom. The molecule has 0 aliphatic rings. The highest BCUT2D eigenvalue weighted by atomic mass is 16.2. The molecule has 14 heavy (non-hydrogen) atoms. The highest BCUT2D eigenvalue weighted by Gasteiger charge is 2.10. The van der Waals surface area contributed by atoms with Crippen molar-refractivity contribution < 1.29 is 4.79 Å². The summed E-state index contributed by atoms with van der Waals surface area (Å²) in [6, 6.07) is 3.26. The minimum atomic E-state index is -0.134. The second-order valence-corrected chi connectivity index (χ2v) is 2.95. The molecule has 0 unspecified atom stereocenters. The van der Waals surface area contributed by atoms with E-state index in [2.05, 4.69) is 11.6 Å². The maximum Gasteiger partial charge on any atom is 0.272 e. The molecule has 1 heterocycles. The van der Waals surface area contributed by atoms with E-state index in [4.69, 9.17) is 5.73 Å². The van der Waals surface area contributed by atoms with Crippen molar-refractivity contribution in [1.82, 2.24) is 9.88 Å². The number of rotatable bonds is 3. The third-order valence-electron chi connectivity index (χ3n) is 1.76. The van der Waals surface area contributed by atoms with Gasteiger partial charge >= 0.3 is 0 Å². The van der Waals surface area contributed by atoms with Crippen LogP contribution in [0.15, 0.2) is 31.0 Å². The minimum absolute atomic E-state index is 0.134. The lowest BCUT2D eigenvalue weighted by Crippen LogP contribution is -2.27. The van der Waals surface area contributed by atoms with E-state index < -0.39 is 0 Å². The van der Waals surface area contributed by atoms with Gasteiger partial charge in [0.1, 0.15) is 5.69 Å². The Morgan fingerprint density at radius 2 is 2.43 bits per heavy atom. The lowest BCUT2D eigenvalue weighted by Gasteiger charge is -2.13. The zero-order valence-electron chi connectivity index (χ0n) is 8.10. The normalized spacial score (nSPS) is 9.50. The standard InChI is InChI=1S/C10H13N3O/c1-3-6-13(2)10(14)9-5-4-8(11)7-12-9/h3-5,7H,1,6,11H2,2H3. The minimum Gasteiger partial charge on any atom is -0.397 e. The maximum absolute atomic E-state index is 11.6. The van der Waals surface area contributed by atoms with E-state index in [1.807, 2.05) is 0 Å². The van der Waals surface area contributed by atoms with Gasteiger partial charge in [-0.1, -0.05) is 6.08 Å². The van der Waals surface area contributed by atoms with Crippen molar-refractivity contribution >= 4 is 11.6 Å². The molecule has 0 aliphatic carbocycles. The van der Waals surface area contributed by atoms with Gasteiger partial charge in [-0.05, 0) is 12.1 Å².